The summed E-state index contributed by atoms with van der Waals surface area (Å²) < 4.78 is 15.8. The fraction of sp³-hybridized carbons (Fsp3) is 0.231. The number of halogens is 1. The Morgan fingerprint density at radius 2 is 1.81 bits per heavy atom. The summed E-state index contributed by atoms with van der Waals surface area (Å²) in [5.41, 5.74) is 0.694. The number of imide groups is 1. The highest BCUT2D eigenvalue weighted by Crippen LogP contribution is 2.34. The number of nitrogens with one attached hydrogen (secondary N) is 1. The number of anilines is 1. The normalized spacial score (nSPS) is 9.81. The molecule has 186 valence electrons. The van der Waals surface area contributed by atoms with E-state index in [2.05, 4.69) is 5.32 Å². The van der Waals surface area contributed by atoms with Crippen molar-refractivity contribution in [1.82, 2.24) is 4.90 Å². The van der Waals surface area contributed by atoms with Gasteiger partial charge >= 0.3 is 11.9 Å². The average Bonchev–Trinajstić information content (AvgIpc) is 2.87. The Morgan fingerprint density at radius 1 is 1.06 bits per heavy atom. The maximum absolute atomic E-state index is 12.7. The molecule has 0 aliphatic heterocycles. The number of carbonyl (C=O) groups is 4. The van der Waals surface area contributed by atoms with Crippen LogP contribution >= 0.6 is 11.6 Å². The van der Waals surface area contributed by atoms with Gasteiger partial charge in [0.05, 0.1) is 38.5 Å². The lowest BCUT2D eigenvalue weighted by molar-refractivity contribution is -0.141. The van der Waals surface area contributed by atoms with E-state index in [-0.39, 0.29) is 48.7 Å². The molecule has 2 aromatic carbocycles. The number of terminal acetylenes is 2. The van der Waals surface area contributed by atoms with Gasteiger partial charge in [-0.25, -0.2) is 4.79 Å². The van der Waals surface area contributed by atoms with Gasteiger partial charge in [0.2, 0.25) is 5.91 Å². The van der Waals surface area contributed by atoms with Crippen molar-refractivity contribution >= 4 is 41.0 Å². The van der Waals surface area contributed by atoms with Crippen molar-refractivity contribution in [3.05, 3.63) is 52.5 Å². The van der Waals surface area contributed by atoms with Crippen molar-refractivity contribution in [2.75, 3.05) is 32.7 Å². The summed E-state index contributed by atoms with van der Waals surface area (Å²) in [4.78, 5) is 49.6. The van der Waals surface area contributed by atoms with Gasteiger partial charge in [0.1, 0.15) is 0 Å². The van der Waals surface area contributed by atoms with E-state index in [0.29, 0.717) is 10.6 Å². The van der Waals surface area contributed by atoms with Gasteiger partial charge in [0.15, 0.2) is 11.5 Å². The van der Waals surface area contributed by atoms with Crippen molar-refractivity contribution in [3.8, 4) is 36.2 Å². The second-order valence-electron chi connectivity index (χ2n) is 7.14. The highest BCUT2D eigenvalue weighted by atomic mass is 35.5. The fourth-order valence-electron chi connectivity index (χ4n) is 3.11. The highest BCUT2D eigenvalue weighted by Gasteiger charge is 2.21. The number of ether oxygens (including phenoxy) is 3. The molecule has 2 aromatic rings. The third kappa shape index (κ3) is 7.52. The number of esters is 1. The summed E-state index contributed by atoms with van der Waals surface area (Å²) in [5.74, 6) is 1.43. The monoisotopic (exact) mass is 510 g/mol. The lowest BCUT2D eigenvalue weighted by atomic mass is 10.1. The Balaban J connectivity index is 2.13. The highest BCUT2D eigenvalue weighted by molar-refractivity contribution is 6.30. The molecule has 0 aliphatic rings. The SMILES string of the molecule is C#CC(=O)Nc1cc(OC)c(OCCCN(C(=O)C#C)C(=O)Cc2cccc(Cl)c2)cc1C(=O)OC. The second kappa shape index (κ2) is 13.4. The van der Waals surface area contributed by atoms with E-state index < -0.39 is 23.7 Å². The zero-order valence-corrected chi connectivity index (χ0v) is 20.4. The molecule has 36 heavy (non-hydrogen) atoms. The van der Waals surface area contributed by atoms with Gasteiger partial charge in [-0.1, -0.05) is 23.7 Å². The minimum Gasteiger partial charge on any atom is -0.493 e. The van der Waals surface area contributed by atoms with Gasteiger partial charge in [-0.05, 0) is 36.0 Å². The summed E-state index contributed by atoms with van der Waals surface area (Å²) in [6, 6.07) is 9.40. The molecular formula is C26H23ClN2O7. The zero-order valence-electron chi connectivity index (χ0n) is 19.6. The third-order valence-electron chi connectivity index (χ3n) is 4.79. The molecule has 2 rings (SSSR count). The number of rotatable bonds is 10. The molecule has 0 radical (unpaired) electrons. The molecule has 9 nitrogen and oxygen atoms in total. The number of amides is 3. The molecular weight excluding hydrogens is 488 g/mol. The molecule has 0 bridgehead atoms. The summed E-state index contributed by atoms with van der Waals surface area (Å²) in [6.07, 6.45) is 10.5. The first-order valence-electron chi connectivity index (χ1n) is 10.5. The van der Waals surface area contributed by atoms with Gasteiger partial charge < -0.3 is 19.5 Å². The van der Waals surface area contributed by atoms with E-state index in [9.17, 15) is 19.2 Å². The molecule has 0 atom stereocenters. The largest absolute Gasteiger partial charge is 0.493 e. The van der Waals surface area contributed by atoms with Crippen LogP contribution in [0.5, 0.6) is 11.5 Å². The lowest BCUT2D eigenvalue weighted by Gasteiger charge is -2.19. The summed E-state index contributed by atoms with van der Waals surface area (Å²) >= 11 is 5.96. The predicted molar refractivity (Wildman–Crippen MR) is 133 cm³/mol. The topological polar surface area (TPSA) is 111 Å². The maximum Gasteiger partial charge on any atom is 0.340 e. The number of benzene rings is 2. The Kier molecular flexibility index (Phi) is 10.4. The number of hydrogen-bond donors (Lipinski definition) is 1. The molecule has 1 N–H and O–H groups in total. The van der Waals surface area contributed by atoms with Crippen LogP contribution in [-0.4, -0.2) is 56.0 Å². The van der Waals surface area contributed by atoms with Crippen molar-refractivity contribution in [2.45, 2.75) is 12.8 Å². The van der Waals surface area contributed by atoms with Crippen molar-refractivity contribution in [1.29, 1.82) is 0 Å². The molecule has 0 heterocycles. The molecule has 0 saturated carbocycles. The van der Waals surface area contributed by atoms with Gasteiger partial charge in [-0.15, -0.1) is 12.8 Å². The Morgan fingerprint density at radius 3 is 2.42 bits per heavy atom. The van der Waals surface area contributed by atoms with E-state index in [1.54, 1.807) is 24.3 Å². The maximum atomic E-state index is 12.7. The predicted octanol–water partition coefficient (Wildman–Crippen LogP) is 2.71. The van der Waals surface area contributed by atoms with Crippen LogP contribution in [0.2, 0.25) is 5.02 Å². The number of carbonyl (C=O) groups excluding carboxylic acids is 4. The quantitative estimate of drug-likeness (QED) is 0.297. The molecule has 3 amide bonds. The first-order valence-corrected chi connectivity index (χ1v) is 10.9. The Labute approximate surface area is 213 Å². The van der Waals surface area contributed by atoms with Crippen molar-refractivity contribution in [2.24, 2.45) is 0 Å². The first-order chi connectivity index (χ1) is 17.2. The minimum atomic E-state index is -0.777. The van der Waals surface area contributed by atoms with E-state index >= 15 is 0 Å². The van der Waals surface area contributed by atoms with E-state index in [0.717, 1.165) is 4.90 Å². The van der Waals surface area contributed by atoms with E-state index in [1.165, 1.54) is 26.4 Å². The van der Waals surface area contributed by atoms with E-state index in [1.807, 2.05) is 11.8 Å². The zero-order chi connectivity index (χ0) is 26.7. The van der Waals surface area contributed by atoms with Gasteiger partial charge in [0, 0.05) is 23.7 Å². The standard InChI is InChI=1S/C26H23ClN2O7/c1-5-23(30)28-20-16-21(34-3)22(15-19(20)26(33)35-4)36-12-8-11-29(24(31)6-2)25(32)14-17-9-7-10-18(27)13-17/h1-2,7,9-10,13,15-16H,8,11-12,14H2,3-4H3,(H,28,30). The van der Waals surface area contributed by atoms with Crippen LogP contribution < -0.4 is 14.8 Å². The Bertz CT molecular complexity index is 1240. The van der Waals surface area contributed by atoms with Crippen LogP contribution in [0.3, 0.4) is 0 Å². The molecule has 0 saturated heterocycles. The summed E-state index contributed by atoms with van der Waals surface area (Å²) in [5, 5.41) is 2.86. The second-order valence-corrected chi connectivity index (χ2v) is 7.58. The van der Waals surface area contributed by atoms with Crippen LogP contribution in [0.4, 0.5) is 5.69 Å². The molecule has 0 aromatic heterocycles. The molecule has 0 spiro atoms. The first kappa shape index (κ1) is 27.8. The van der Waals surface area contributed by atoms with Crippen molar-refractivity contribution < 1.29 is 33.4 Å². The Hall–Kier alpha value is -4.47. The molecule has 10 heteroatoms. The van der Waals surface area contributed by atoms with E-state index in [4.69, 9.17) is 38.7 Å². The summed E-state index contributed by atoms with van der Waals surface area (Å²) in [7, 11) is 2.55. The number of hydrogen-bond acceptors (Lipinski definition) is 7. The number of nitrogens with zero attached hydrogens (tertiary/aromatic N) is 1. The molecule has 0 fully saturated rings. The lowest BCUT2D eigenvalue weighted by Crippen LogP contribution is -2.38. The average molecular weight is 511 g/mol. The van der Waals surface area contributed by atoms with Crippen molar-refractivity contribution in [3.63, 3.8) is 0 Å². The van der Waals surface area contributed by atoms with Crippen LogP contribution in [-0.2, 0) is 25.5 Å². The molecule has 0 aliphatic carbocycles. The minimum absolute atomic E-state index is 0.00901. The van der Waals surface area contributed by atoms with Crippen LogP contribution in [0.15, 0.2) is 36.4 Å². The van der Waals surface area contributed by atoms with Gasteiger partial charge in [-0.2, -0.15) is 0 Å². The van der Waals surface area contributed by atoms with Gasteiger partial charge in [0.25, 0.3) is 5.91 Å². The third-order valence-corrected chi connectivity index (χ3v) is 5.02. The summed E-state index contributed by atoms with van der Waals surface area (Å²) in [6.45, 7) is 0.0246. The number of methoxy groups -OCH3 is 2. The fourth-order valence-corrected chi connectivity index (χ4v) is 3.32. The van der Waals surface area contributed by atoms with Crippen LogP contribution in [0.25, 0.3) is 0 Å². The smallest absolute Gasteiger partial charge is 0.340 e. The van der Waals surface area contributed by atoms with Crippen LogP contribution in [0.1, 0.15) is 22.3 Å². The van der Waals surface area contributed by atoms with Crippen LogP contribution in [0, 0.1) is 24.7 Å². The molecule has 0 unspecified atom stereocenters. The van der Waals surface area contributed by atoms with Gasteiger partial charge in [-0.3, -0.25) is 19.3 Å².